The lowest BCUT2D eigenvalue weighted by molar-refractivity contribution is -0.135. The van der Waals surface area contributed by atoms with Crippen LogP contribution in [-0.4, -0.2) is 46.7 Å². The summed E-state index contributed by atoms with van der Waals surface area (Å²) in [6.45, 7) is 13.4. The Morgan fingerprint density at radius 3 is 2.20 bits per heavy atom. The Morgan fingerprint density at radius 2 is 1.72 bits per heavy atom. The largest absolute Gasteiger partial charge is 0.461 e. The molecule has 0 aliphatic carbocycles. The number of aromatic amines is 1. The highest BCUT2D eigenvalue weighted by molar-refractivity contribution is 6.06. The molecule has 6 heteroatoms. The molecule has 1 N–H and O–H groups in total. The Balaban J connectivity index is 3.21. The van der Waals surface area contributed by atoms with Crippen molar-refractivity contribution in [2.24, 2.45) is 5.92 Å². The fraction of sp³-hybridized carbons (Fsp3) is 0.632. The molecule has 0 aliphatic rings. The molecule has 0 saturated heterocycles. The molecule has 1 unspecified atom stereocenters. The van der Waals surface area contributed by atoms with Crippen LogP contribution in [0.5, 0.6) is 0 Å². The quantitative estimate of drug-likeness (QED) is 0.576. The summed E-state index contributed by atoms with van der Waals surface area (Å²) < 4.78 is 5.03. The fourth-order valence-corrected chi connectivity index (χ4v) is 2.94. The molecule has 1 atom stereocenters. The third-order valence-corrected chi connectivity index (χ3v) is 4.25. The number of carbonyl (C=O) groups excluding carboxylic acids is 3. The zero-order valence-electron chi connectivity index (χ0n) is 16.4. The monoisotopic (exact) mass is 350 g/mol. The molecule has 25 heavy (non-hydrogen) atoms. The number of esters is 1. The highest BCUT2D eigenvalue weighted by Crippen LogP contribution is 2.22. The van der Waals surface area contributed by atoms with Gasteiger partial charge in [0.15, 0.2) is 5.78 Å². The number of H-pyrrole nitrogens is 1. The maximum absolute atomic E-state index is 13.1. The molecule has 0 spiro atoms. The van der Waals surface area contributed by atoms with Gasteiger partial charge in [0.2, 0.25) is 5.91 Å². The zero-order chi connectivity index (χ0) is 19.3. The third kappa shape index (κ3) is 4.50. The van der Waals surface area contributed by atoms with Crippen molar-refractivity contribution in [3.63, 3.8) is 0 Å². The van der Waals surface area contributed by atoms with Crippen molar-refractivity contribution < 1.29 is 19.1 Å². The second-order valence-corrected chi connectivity index (χ2v) is 6.57. The van der Waals surface area contributed by atoms with Crippen molar-refractivity contribution in [3.8, 4) is 0 Å². The second-order valence-electron chi connectivity index (χ2n) is 6.57. The van der Waals surface area contributed by atoms with Gasteiger partial charge in [-0.25, -0.2) is 4.79 Å². The second kappa shape index (κ2) is 8.83. The molecule has 1 rings (SSSR count). The number of aryl methyl sites for hydroxylation is 1. The van der Waals surface area contributed by atoms with Gasteiger partial charge in [0.25, 0.3) is 0 Å². The van der Waals surface area contributed by atoms with E-state index in [1.807, 2.05) is 20.8 Å². The number of hydrogen-bond donors (Lipinski definition) is 1. The Bertz CT molecular complexity index is 646. The number of hydrogen-bond acceptors (Lipinski definition) is 4. The Hall–Kier alpha value is -2.11. The van der Waals surface area contributed by atoms with Gasteiger partial charge in [-0.1, -0.05) is 20.8 Å². The van der Waals surface area contributed by atoms with Gasteiger partial charge >= 0.3 is 5.97 Å². The van der Waals surface area contributed by atoms with Gasteiger partial charge < -0.3 is 14.6 Å². The Labute approximate surface area is 149 Å². The van der Waals surface area contributed by atoms with E-state index in [1.165, 1.54) is 0 Å². The molecular formula is C19H30N2O4. The van der Waals surface area contributed by atoms with E-state index in [0.717, 1.165) is 6.42 Å². The van der Waals surface area contributed by atoms with Crippen LogP contribution in [0.4, 0.5) is 0 Å². The standard InChI is InChI=1S/C19H30N2O4/c1-8-10-21(18(23)11(3)4)14(7)17(22)15-12(5)16(20-13(15)6)19(24)25-9-2/h11,14,20H,8-10H2,1-7H3. The number of Topliss-reactive ketones (excluding diaryl/α,β-unsaturated/α-hetero) is 1. The smallest absolute Gasteiger partial charge is 0.355 e. The summed E-state index contributed by atoms with van der Waals surface area (Å²) in [4.78, 5) is 42.1. The molecule has 1 amide bonds. The number of carbonyl (C=O) groups is 3. The van der Waals surface area contributed by atoms with Crippen molar-refractivity contribution in [1.29, 1.82) is 0 Å². The summed E-state index contributed by atoms with van der Waals surface area (Å²) in [5.41, 5.74) is 1.95. The number of ketones is 1. The van der Waals surface area contributed by atoms with Crippen molar-refractivity contribution >= 4 is 17.7 Å². The summed E-state index contributed by atoms with van der Waals surface area (Å²) in [6.07, 6.45) is 0.773. The van der Waals surface area contributed by atoms with Gasteiger partial charge in [-0.05, 0) is 39.7 Å². The van der Waals surface area contributed by atoms with E-state index in [9.17, 15) is 14.4 Å². The number of nitrogens with zero attached hydrogens (tertiary/aromatic N) is 1. The minimum Gasteiger partial charge on any atom is -0.461 e. The highest BCUT2D eigenvalue weighted by Gasteiger charge is 2.31. The van der Waals surface area contributed by atoms with Crippen LogP contribution in [0.1, 0.15) is 73.1 Å². The van der Waals surface area contributed by atoms with Gasteiger partial charge in [-0.2, -0.15) is 0 Å². The van der Waals surface area contributed by atoms with Gasteiger partial charge in [0.05, 0.1) is 12.6 Å². The van der Waals surface area contributed by atoms with Crippen molar-refractivity contribution in [3.05, 3.63) is 22.5 Å². The van der Waals surface area contributed by atoms with E-state index in [0.29, 0.717) is 29.1 Å². The predicted molar refractivity (Wildman–Crippen MR) is 96.9 cm³/mol. The van der Waals surface area contributed by atoms with E-state index in [4.69, 9.17) is 4.74 Å². The lowest BCUT2D eigenvalue weighted by atomic mass is 9.99. The lowest BCUT2D eigenvalue weighted by Crippen LogP contribution is -2.45. The third-order valence-electron chi connectivity index (χ3n) is 4.25. The van der Waals surface area contributed by atoms with Gasteiger partial charge in [0.1, 0.15) is 5.69 Å². The maximum Gasteiger partial charge on any atom is 0.355 e. The van der Waals surface area contributed by atoms with E-state index in [1.54, 1.807) is 32.6 Å². The Morgan fingerprint density at radius 1 is 1.12 bits per heavy atom. The number of aromatic nitrogens is 1. The molecule has 0 aliphatic heterocycles. The minimum absolute atomic E-state index is 0.0424. The summed E-state index contributed by atoms with van der Waals surface area (Å²) in [5.74, 6) is -0.854. The van der Waals surface area contributed by atoms with Crippen LogP contribution in [0, 0.1) is 19.8 Å². The first-order valence-electron chi connectivity index (χ1n) is 8.88. The highest BCUT2D eigenvalue weighted by atomic mass is 16.5. The molecule has 1 aromatic heterocycles. The zero-order valence-corrected chi connectivity index (χ0v) is 16.4. The predicted octanol–water partition coefficient (Wildman–Crippen LogP) is 3.27. The molecule has 1 aromatic rings. The van der Waals surface area contributed by atoms with Crippen LogP contribution < -0.4 is 0 Å². The molecule has 0 bridgehead atoms. The molecule has 0 radical (unpaired) electrons. The number of amides is 1. The molecule has 0 saturated carbocycles. The van der Waals surface area contributed by atoms with E-state index < -0.39 is 12.0 Å². The molecular weight excluding hydrogens is 320 g/mol. The topological polar surface area (TPSA) is 79.5 Å². The molecule has 1 heterocycles. The summed E-state index contributed by atoms with van der Waals surface area (Å²) in [7, 11) is 0. The first-order valence-corrected chi connectivity index (χ1v) is 8.88. The van der Waals surface area contributed by atoms with Crippen LogP contribution in [0.2, 0.25) is 0 Å². The van der Waals surface area contributed by atoms with Gasteiger partial charge in [0, 0.05) is 23.7 Å². The van der Waals surface area contributed by atoms with E-state index in [-0.39, 0.29) is 24.2 Å². The molecule has 6 nitrogen and oxygen atoms in total. The average molecular weight is 350 g/mol. The van der Waals surface area contributed by atoms with Gasteiger partial charge in [-0.15, -0.1) is 0 Å². The molecule has 0 aromatic carbocycles. The van der Waals surface area contributed by atoms with Crippen molar-refractivity contribution in [2.45, 2.75) is 60.9 Å². The summed E-state index contributed by atoms with van der Waals surface area (Å²) in [6, 6.07) is -0.585. The molecule has 140 valence electrons. The molecule has 0 fully saturated rings. The van der Waals surface area contributed by atoms with Crippen molar-refractivity contribution in [1.82, 2.24) is 9.88 Å². The van der Waals surface area contributed by atoms with Crippen LogP contribution >= 0.6 is 0 Å². The summed E-state index contributed by atoms with van der Waals surface area (Å²) in [5, 5.41) is 0. The number of ether oxygens (including phenoxy) is 1. The minimum atomic E-state index is -0.585. The van der Waals surface area contributed by atoms with Gasteiger partial charge in [-0.3, -0.25) is 9.59 Å². The van der Waals surface area contributed by atoms with E-state index >= 15 is 0 Å². The fourth-order valence-electron chi connectivity index (χ4n) is 2.94. The van der Waals surface area contributed by atoms with Crippen LogP contribution in [-0.2, 0) is 9.53 Å². The maximum atomic E-state index is 13.1. The SMILES string of the molecule is CCCN(C(=O)C(C)C)C(C)C(=O)c1c(C)[nH]c(C(=O)OCC)c1C. The van der Waals surface area contributed by atoms with Crippen LogP contribution in [0.3, 0.4) is 0 Å². The number of rotatable bonds is 8. The van der Waals surface area contributed by atoms with E-state index in [2.05, 4.69) is 4.98 Å². The first-order chi connectivity index (χ1) is 11.7. The van der Waals surface area contributed by atoms with Crippen LogP contribution in [0.25, 0.3) is 0 Å². The van der Waals surface area contributed by atoms with Crippen LogP contribution in [0.15, 0.2) is 0 Å². The Kier molecular flexibility index (Phi) is 7.39. The summed E-state index contributed by atoms with van der Waals surface area (Å²) >= 11 is 0. The first kappa shape index (κ1) is 20.9. The number of nitrogens with one attached hydrogen (secondary N) is 1. The average Bonchev–Trinajstić information content (AvgIpc) is 2.85. The van der Waals surface area contributed by atoms with Crippen molar-refractivity contribution in [2.75, 3.05) is 13.2 Å². The normalized spacial score (nSPS) is 12.2. The lowest BCUT2D eigenvalue weighted by Gasteiger charge is -2.29.